The topological polar surface area (TPSA) is 34.5 Å². The van der Waals surface area contributed by atoms with Crippen LogP contribution in [-0.4, -0.2) is 11.4 Å². The lowest BCUT2D eigenvalue weighted by Gasteiger charge is -2.42. The normalized spacial score (nSPS) is 13.7. The average molecular weight is 761 g/mol. The molecule has 0 unspecified atom stereocenters. The number of aromatic nitrogens is 1. The van der Waals surface area contributed by atoms with Crippen molar-refractivity contribution in [2.24, 2.45) is 0 Å². The minimum atomic E-state index is -0.131. The summed E-state index contributed by atoms with van der Waals surface area (Å²) in [6.45, 7) is 6.73. The fourth-order valence-corrected chi connectivity index (χ4v) is 11.6. The van der Waals surface area contributed by atoms with Gasteiger partial charge in [0, 0.05) is 75.1 Å². The second-order valence-corrected chi connectivity index (χ2v) is 18.3. The average Bonchev–Trinajstić information content (AvgIpc) is 3.99. The molecule has 0 N–H and O–H groups in total. The van der Waals surface area contributed by atoms with Crippen LogP contribution in [0.4, 0.5) is 11.4 Å². The molecule has 12 aromatic rings. The molecule has 58 heavy (non-hydrogen) atoms. The van der Waals surface area contributed by atoms with Crippen molar-refractivity contribution in [2.45, 2.75) is 26.2 Å². The zero-order valence-electron chi connectivity index (χ0n) is 32.1. The fourth-order valence-electron chi connectivity index (χ4n) is 10.4. The van der Waals surface area contributed by atoms with Gasteiger partial charge in [-0.25, -0.2) is 0 Å². The smallest absolute Gasteiger partial charge is 0.333 e. The van der Waals surface area contributed by atoms with Crippen LogP contribution in [0, 0.1) is 0 Å². The number of benzene rings is 8. The number of thiophene rings is 1. The Labute approximate surface area is 337 Å². The molecule has 8 aromatic carbocycles. The van der Waals surface area contributed by atoms with Gasteiger partial charge in [-0.2, -0.15) is 0 Å². The maximum atomic E-state index is 6.71. The number of furan rings is 2. The maximum absolute atomic E-state index is 6.71. The molecule has 0 aliphatic carbocycles. The van der Waals surface area contributed by atoms with E-state index in [0.29, 0.717) is 0 Å². The molecular formula is C52H33BN2O2S. The van der Waals surface area contributed by atoms with Crippen molar-refractivity contribution in [2.75, 3.05) is 4.81 Å². The molecule has 0 atom stereocenters. The predicted molar refractivity (Wildman–Crippen MR) is 246 cm³/mol. The van der Waals surface area contributed by atoms with Crippen molar-refractivity contribution in [3.05, 3.63) is 151 Å². The number of hydrogen-bond donors (Lipinski definition) is 0. The Kier molecular flexibility index (Phi) is 5.73. The number of hydrogen-bond acceptors (Lipinski definition) is 4. The van der Waals surface area contributed by atoms with E-state index >= 15 is 0 Å². The highest BCUT2D eigenvalue weighted by atomic mass is 32.1. The number of para-hydroxylation sites is 2. The van der Waals surface area contributed by atoms with Crippen LogP contribution in [0.25, 0.3) is 103 Å². The Morgan fingerprint density at radius 1 is 0.500 bits per heavy atom. The minimum absolute atomic E-state index is 0.0311. The zero-order chi connectivity index (χ0) is 38.2. The van der Waals surface area contributed by atoms with Crippen molar-refractivity contribution < 1.29 is 8.83 Å². The molecule has 0 saturated carbocycles. The summed E-state index contributed by atoms with van der Waals surface area (Å²) in [6.07, 6.45) is 0. The molecular weight excluding hydrogens is 727 g/mol. The van der Waals surface area contributed by atoms with Gasteiger partial charge in [0.15, 0.2) is 0 Å². The molecule has 2 aliphatic rings. The van der Waals surface area contributed by atoms with E-state index in [1.54, 1.807) is 0 Å². The largest absolute Gasteiger partial charge is 0.456 e. The lowest BCUT2D eigenvalue weighted by Crippen LogP contribution is -2.60. The van der Waals surface area contributed by atoms with Gasteiger partial charge in [-0.15, -0.1) is 11.3 Å². The van der Waals surface area contributed by atoms with Crippen molar-refractivity contribution in [1.29, 1.82) is 0 Å². The summed E-state index contributed by atoms with van der Waals surface area (Å²) in [5.41, 5.74) is 15.9. The van der Waals surface area contributed by atoms with Crippen LogP contribution in [0.5, 0.6) is 0 Å². The Morgan fingerprint density at radius 2 is 1.17 bits per heavy atom. The first-order valence-electron chi connectivity index (χ1n) is 20.1. The summed E-state index contributed by atoms with van der Waals surface area (Å²) in [6, 6.07) is 54.1. The molecule has 4 aromatic heterocycles. The van der Waals surface area contributed by atoms with Crippen molar-refractivity contribution in [3.8, 4) is 16.8 Å². The van der Waals surface area contributed by atoms with Crippen molar-refractivity contribution >= 4 is 126 Å². The van der Waals surface area contributed by atoms with Gasteiger partial charge < -0.3 is 18.2 Å². The molecule has 0 amide bonds. The molecule has 272 valence electrons. The van der Waals surface area contributed by atoms with E-state index in [-0.39, 0.29) is 12.3 Å². The molecule has 6 heterocycles. The molecule has 0 radical (unpaired) electrons. The highest BCUT2D eigenvalue weighted by Gasteiger charge is 2.44. The van der Waals surface area contributed by atoms with Gasteiger partial charge in [-0.05, 0) is 94.2 Å². The summed E-state index contributed by atoms with van der Waals surface area (Å²) in [7, 11) is 0. The molecule has 0 saturated heterocycles. The van der Waals surface area contributed by atoms with Crippen LogP contribution in [0.2, 0.25) is 0 Å². The molecule has 2 aliphatic heterocycles. The number of fused-ring (bicyclic) bond motifs is 17. The SMILES string of the molecule is CC(C)(C)c1ccc(N2B3c4cc5oc6ccccc6c5cc4-n4c5cc6c(cc5c5ccc(c3c54)-c3cc4oc5ccccc5c4cc32)sc2ccccc26)cc1. The van der Waals surface area contributed by atoms with Crippen LogP contribution in [-0.2, 0) is 5.41 Å². The predicted octanol–water partition coefficient (Wildman–Crippen LogP) is 13.5. The first-order chi connectivity index (χ1) is 28.4. The van der Waals surface area contributed by atoms with Gasteiger partial charge in [-0.1, -0.05) is 99.6 Å². The van der Waals surface area contributed by atoms with Crippen molar-refractivity contribution in [1.82, 2.24) is 4.57 Å². The van der Waals surface area contributed by atoms with Crippen LogP contribution in [0.1, 0.15) is 26.3 Å². The van der Waals surface area contributed by atoms with Gasteiger partial charge in [-0.3, -0.25) is 0 Å². The lowest BCUT2D eigenvalue weighted by atomic mass is 9.44. The Balaban J connectivity index is 1.17. The van der Waals surface area contributed by atoms with E-state index < -0.39 is 0 Å². The molecule has 0 bridgehead atoms. The highest BCUT2D eigenvalue weighted by Crippen LogP contribution is 2.49. The number of rotatable bonds is 1. The van der Waals surface area contributed by atoms with Crippen LogP contribution in [0.15, 0.2) is 154 Å². The van der Waals surface area contributed by atoms with Gasteiger partial charge in [0.2, 0.25) is 0 Å². The third-order valence-corrected chi connectivity index (χ3v) is 14.2. The quantitative estimate of drug-likeness (QED) is 0.156. The molecule has 14 rings (SSSR count). The van der Waals surface area contributed by atoms with E-state index in [0.717, 1.165) is 49.6 Å². The van der Waals surface area contributed by atoms with E-state index in [9.17, 15) is 0 Å². The fraction of sp³-hybridized carbons (Fsp3) is 0.0769. The van der Waals surface area contributed by atoms with E-state index in [4.69, 9.17) is 8.83 Å². The summed E-state index contributed by atoms with van der Waals surface area (Å²) < 4.78 is 18.5. The first kappa shape index (κ1) is 31.3. The Bertz CT molecular complexity index is 3800. The monoisotopic (exact) mass is 760 g/mol. The van der Waals surface area contributed by atoms with Crippen LogP contribution >= 0.6 is 11.3 Å². The van der Waals surface area contributed by atoms with Crippen LogP contribution < -0.4 is 15.7 Å². The zero-order valence-corrected chi connectivity index (χ0v) is 32.9. The van der Waals surface area contributed by atoms with E-state index in [1.807, 2.05) is 11.3 Å². The first-order valence-corrected chi connectivity index (χ1v) is 20.9. The second-order valence-electron chi connectivity index (χ2n) is 17.3. The number of anilines is 2. The third kappa shape index (κ3) is 3.91. The lowest BCUT2D eigenvalue weighted by molar-refractivity contribution is 0.590. The third-order valence-electron chi connectivity index (χ3n) is 13.1. The number of nitrogens with zero attached hydrogens (tertiary/aromatic N) is 2. The van der Waals surface area contributed by atoms with Gasteiger partial charge in [0.05, 0.1) is 11.0 Å². The molecule has 4 nitrogen and oxygen atoms in total. The molecule has 0 fully saturated rings. The molecule has 6 heteroatoms. The highest BCUT2D eigenvalue weighted by molar-refractivity contribution is 7.25. The van der Waals surface area contributed by atoms with Crippen LogP contribution in [0.3, 0.4) is 0 Å². The van der Waals surface area contributed by atoms with Crippen molar-refractivity contribution in [3.63, 3.8) is 0 Å². The minimum Gasteiger partial charge on any atom is -0.456 e. The molecule has 0 spiro atoms. The summed E-state index contributed by atoms with van der Waals surface area (Å²) >= 11 is 1.88. The van der Waals surface area contributed by atoms with Gasteiger partial charge in [0.1, 0.15) is 22.3 Å². The second kappa shape index (κ2) is 10.6. The summed E-state index contributed by atoms with van der Waals surface area (Å²) in [5.74, 6) is 0. The van der Waals surface area contributed by atoms with Gasteiger partial charge in [0.25, 0.3) is 0 Å². The summed E-state index contributed by atoms with van der Waals surface area (Å²) in [4.78, 5) is 2.60. The Morgan fingerprint density at radius 3 is 1.91 bits per heavy atom. The standard InChI is InChI=1S/C52H33BN2O2S/c1-52(2,3)28-16-18-29(19-17-28)55-42-22-37-30-10-4-7-13-44(30)56-46(37)25-35(42)33-20-21-34-36-26-49-39(32-12-6-9-15-48(32)58-49)24-41(36)54-43-23-38-31-11-5-8-14-45(31)57-47(38)27-40(43)53(55)50(33)51(34)54/h4-27H,1-3H3. The Hall–Kier alpha value is -6.76. The maximum Gasteiger partial charge on any atom is 0.333 e. The van der Waals surface area contributed by atoms with E-state index in [2.05, 4.69) is 176 Å². The van der Waals surface area contributed by atoms with Gasteiger partial charge >= 0.3 is 6.85 Å². The van der Waals surface area contributed by atoms with E-state index in [1.165, 1.54) is 81.0 Å². The summed E-state index contributed by atoms with van der Waals surface area (Å²) in [5, 5.41) is 9.69.